The number of hydrogen-bond donors (Lipinski definition) is 3. The SMILES string of the molecule is O=C(Cc1ccc(CNCCc2ccc(O)cc2)cc1)NCCOC(=O)N(c1ccccc1-c1ccccc1)N1CCCCC1. The van der Waals surface area contributed by atoms with Crippen LogP contribution >= 0.6 is 0 Å². The van der Waals surface area contributed by atoms with Crippen LogP contribution in [0.1, 0.15) is 36.0 Å². The van der Waals surface area contributed by atoms with Crippen LogP contribution in [0.25, 0.3) is 11.1 Å². The number of ether oxygens (including phenoxy) is 1. The fraction of sp³-hybridized carbons (Fsp3) is 0.297. The average Bonchev–Trinajstić information content (AvgIpc) is 3.08. The third-order valence-corrected chi connectivity index (χ3v) is 7.90. The van der Waals surface area contributed by atoms with Crippen LogP contribution in [0.2, 0.25) is 0 Å². The Bertz CT molecular complexity index is 1500. The molecule has 0 radical (unpaired) electrons. The highest BCUT2D eigenvalue weighted by atomic mass is 16.6. The van der Waals surface area contributed by atoms with Gasteiger partial charge in [0.25, 0.3) is 0 Å². The molecule has 1 heterocycles. The van der Waals surface area contributed by atoms with E-state index in [0.29, 0.717) is 0 Å². The van der Waals surface area contributed by atoms with Gasteiger partial charge in [-0.3, -0.25) is 4.79 Å². The Kier molecular flexibility index (Phi) is 11.6. The molecule has 4 aromatic carbocycles. The summed E-state index contributed by atoms with van der Waals surface area (Å²) in [5, 5.41) is 19.5. The standard InChI is InChI=1S/C37H42N4O4/c42-33-19-17-29(18-20-33)21-22-38-28-31-15-13-30(14-16-31)27-36(43)39-23-26-45-37(44)41(40-24-7-2-8-25-40)35-12-6-5-11-34(35)32-9-3-1-4-10-32/h1,3-6,9-20,38,42H,2,7-8,21-28H2,(H,39,43). The number of phenolic OH excluding ortho intramolecular Hbond substituents is 1. The van der Waals surface area contributed by atoms with Gasteiger partial charge >= 0.3 is 6.09 Å². The van der Waals surface area contributed by atoms with Gasteiger partial charge in [0, 0.05) is 25.2 Å². The van der Waals surface area contributed by atoms with E-state index < -0.39 is 6.09 Å². The normalized spacial score (nSPS) is 13.2. The van der Waals surface area contributed by atoms with Gasteiger partial charge in [-0.05, 0) is 66.3 Å². The number of nitrogens with one attached hydrogen (secondary N) is 2. The number of anilines is 1. The molecule has 0 bridgehead atoms. The van der Waals surface area contributed by atoms with Gasteiger partial charge < -0.3 is 20.5 Å². The Balaban J connectivity index is 1.08. The summed E-state index contributed by atoms with van der Waals surface area (Å²) < 4.78 is 5.71. The molecule has 0 atom stereocenters. The lowest BCUT2D eigenvalue weighted by Crippen LogP contribution is -2.50. The molecule has 1 fully saturated rings. The Morgan fingerprint density at radius 2 is 1.42 bits per heavy atom. The molecule has 0 aromatic heterocycles. The molecular weight excluding hydrogens is 564 g/mol. The second kappa shape index (κ2) is 16.4. The Labute approximate surface area is 265 Å². The first-order valence-electron chi connectivity index (χ1n) is 15.8. The zero-order chi connectivity index (χ0) is 31.3. The number of benzene rings is 4. The minimum Gasteiger partial charge on any atom is -0.508 e. The van der Waals surface area contributed by atoms with E-state index in [1.807, 2.05) is 91.0 Å². The lowest BCUT2D eigenvalue weighted by molar-refractivity contribution is -0.120. The first-order chi connectivity index (χ1) is 22.1. The van der Waals surface area contributed by atoms with E-state index in [2.05, 4.69) is 15.6 Å². The summed E-state index contributed by atoms with van der Waals surface area (Å²) in [6.07, 6.45) is 3.88. The van der Waals surface area contributed by atoms with Crippen LogP contribution in [0.4, 0.5) is 10.5 Å². The lowest BCUT2D eigenvalue weighted by atomic mass is 10.0. The van der Waals surface area contributed by atoms with Crippen LogP contribution < -0.4 is 15.6 Å². The number of hydrogen-bond acceptors (Lipinski definition) is 6. The summed E-state index contributed by atoms with van der Waals surface area (Å²) in [6, 6.07) is 33.2. The van der Waals surface area contributed by atoms with Crippen molar-refractivity contribution < 1.29 is 19.4 Å². The number of piperidine rings is 1. The van der Waals surface area contributed by atoms with Crippen LogP contribution in [0.5, 0.6) is 5.75 Å². The predicted molar refractivity (Wildman–Crippen MR) is 178 cm³/mol. The van der Waals surface area contributed by atoms with Crippen molar-refractivity contribution in [3.8, 4) is 16.9 Å². The van der Waals surface area contributed by atoms with Gasteiger partial charge in [-0.15, -0.1) is 0 Å². The summed E-state index contributed by atoms with van der Waals surface area (Å²) >= 11 is 0. The molecule has 4 aromatic rings. The molecule has 1 aliphatic rings. The van der Waals surface area contributed by atoms with Crippen molar-refractivity contribution >= 4 is 17.7 Å². The predicted octanol–water partition coefficient (Wildman–Crippen LogP) is 6.09. The van der Waals surface area contributed by atoms with Crippen molar-refractivity contribution in [2.45, 2.75) is 38.6 Å². The van der Waals surface area contributed by atoms with E-state index in [-0.39, 0.29) is 31.2 Å². The Morgan fingerprint density at radius 1 is 0.756 bits per heavy atom. The third kappa shape index (κ3) is 9.41. The Morgan fingerprint density at radius 3 is 2.18 bits per heavy atom. The number of para-hydroxylation sites is 1. The van der Waals surface area contributed by atoms with Crippen molar-refractivity contribution in [2.24, 2.45) is 0 Å². The van der Waals surface area contributed by atoms with Gasteiger partial charge in [0.15, 0.2) is 0 Å². The molecule has 0 saturated carbocycles. The van der Waals surface area contributed by atoms with Crippen molar-refractivity contribution in [3.63, 3.8) is 0 Å². The molecule has 3 N–H and O–H groups in total. The minimum atomic E-state index is -0.443. The van der Waals surface area contributed by atoms with Crippen LogP contribution in [0.15, 0.2) is 103 Å². The maximum atomic E-state index is 13.5. The van der Waals surface area contributed by atoms with Gasteiger partial charge in [0.05, 0.1) is 18.7 Å². The van der Waals surface area contributed by atoms with Crippen LogP contribution in [-0.2, 0) is 28.9 Å². The minimum absolute atomic E-state index is 0.0805. The largest absolute Gasteiger partial charge is 0.508 e. The highest BCUT2D eigenvalue weighted by Gasteiger charge is 2.28. The molecule has 0 spiro atoms. The molecule has 234 valence electrons. The number of amides is 2. The van der Waals surface area contributed by atoms with Crippen LogP contribution in [-0.4, -0.2) is 54.9 Å². The second-order valence-corrected chi connectivity index (χ2v) is 11.3. The number of phenols is 1. The zero-order valence-corrected chi connectivity index (χ0v) is 25.7. The highest BCUT2D eigenvalue weighted by molar-refractivity contribution is 5.93. The Hall–Kier alpha value is -4.66. The maximum Gasteiger partial charge on any atom is 0.429 e. The first-order valence-corrected chi connectivity index (χ1v) is 15.8. The van der Waals surface area contributed by atoms with E-state index in [1.165, 1.54) is 5.56 Å². The van der Waals surface area contributed by atoms with Gasteiger partial charge in [-0.25, -0.2) is 14.8 Å². The number of carbonyl (C=O) groups is 2. The maximum absolute atomic E-state index is 13.5. The number of rotatable bonds is 13. The van der Waals surface area contributed by atoms with E-state index in [0.717, 1.165) is 79.8 Å². The van der Waals surface area contributed by atoms with Crippen molar-refractivity contribution in [2.75, 3.05) is 37.8 Å². The van der Waals surface area contributed by atoms with Crippen molar-refractivity contribution in [1.82, 2.24) is 15.6 Å². The first kappa shape index (κ1) is 31.8. The molecule has 8 nitrogen and oxygen atoms in total. The third-order valence-electron chi connectivity index (χ3n) is 7.90. The molecule has 1 saturated heterocycles. The summed E-state index contributed by atoms with van der Waals surface area (Å²) in [4.78, 5) is 26.1. The number of aromatic hydroxyl groups is 1. The molecule has 45 heavy (non-hydrogen) atoms. The van der Waals surface area contributed by atoms with E-state index >= 15 is 0 Å². The van der Waals surface area contributed by atoms with Crippen LogP contribution in [0.3, 0.4) is 0 Å². The molecular formula is C37H42N4O4. The molecule has 1 aliphatic heterocycles. The summed E-state index contributed by atoms with van der Waals surface area (Å²) in [5.41, 5.74) is 6.02. The number of carbonyl (C=O) groups excluding carboxylic acids is 2. The lowest BCUT2D eigenvalue weighted by Gasteiger charge is -2.37. The molecule has 5 rings (SSSR count). The second-order valence-electron chi connectivity index (χ2n) is 11.3. The highest BCUT2D eigenvalue weighted by Crippen LogP contribution is 2.33. The summed E-state index contributed by atoms with van der Waals surface area (Å²) in [5.74, 6) is 0.160. The number of hydrazine groups is 1. The van der Waals surface area contributed by atoms with E-state index in [1.54, 1.807) is 17.1 Å². The summed E-state index contributed by atoms with van der Waals surface area (Å²) in [6.45, 7) is 3.45. The zero-order valence-electron chi connectivity index (χ0n) is 25.7. The molecule has 0 unspecified atom stereocenters. The van der Waals surface area contributed by atoms with Crippen molar-refractivity contribution in [1.29, 1.82) is 0 Å². The smallest absolute Gasteiger partial charge is 0.429 e. The fourth-order valence-electron chi connectivity index (χ4n) is 5.50. The number of nitrogens with zero attached hydrogens (tertiary/aromatic N) is 2. The molecule has 8 heteroatoms. The van der Waals surface area contributed by atoms with E-state index in [4.69, 9.17) is 4.74 Å². The summed E-state index contributed by atoms with van der Waals surface area (Å²) in [7, 11) is 0. The van der Waals surface area contributed by atoms with Crippen LogP contribution in [0, 0.1) is 0 Å². The molecule has 2 amide bonds. The van der Waals surface area contributed by atoms with Crippen molar-refractivity contribution in [3.05, 3.63) is 120 Å². The van der Waals surface area contributed by atoms with E-state index in [9.17, 15) is 14.7 Å². The fourth-order valence-corrected chi connectivity index (χ4v) is 5.50. The quantitative estimate of drug-likeness (QED) is 0.160. The topological polar surface area (TPSA) is 94.1 Å². The monoisotopic (exact) mass is 606 g/mol. The van der Waals surface area contributed by atoms with Gasteiger partial charge in [0.2, 0.25) is 5.91 Å². The van der Waals surface area contributed by atoms with Gasteiger partial charge in [-0.1, -0.05) is 91.3 Å². The van der Waals surface area contributed by atoms with Gasteiger partial charge in [-0.2, -0.15) is 0 Å². The van der Waals surface area contributed by atoms with Gasteiger partial charge in [0.1, 0.15) is 12.4 Å². The molecule has 0 aliphatic carbocycles. The average molecular weight is 607 g/mol.